The highest BCUT2D eigenvalue weighted by atomic mass is 16.3. The Kier molecular flexibility index (Phi) is 3.48. The molecule has 0 bridgehead atoms. The van der Waals surface area contributed by atoms with Crippen molar-refractivity contribution in [2.24, 2.45) is 0 Å². The van der Waals surface area contributed by atoms with Crippen molar-refractivity contribution in [3.63, 3.8) is 0 Å². The standard InChI is InChI=1S/C10H13NO/c1-2-3-4-9-5-6-10(8-12)11-7-9/h3-7,12H,2,8H2,1H3. The number of nitrogens with zero attached hydrogens (tertiary/aromatic N) is 1. The van der Waals surface area contributed by atoms with Crippen LogP contribution in [0.1, 0.15) is 24.6 Å². The first-order valence-corrected chi connectivity index (χ1v) is 4.09. The molecule has 1 heterocycles. The average Bonchev–Trinajstić information content (AvgIpc) is 2.15. The van der Waals surface area contributed by atoms with E-state index in [0.29, 0.717) is 5.69 Å². The lowest BCUT2D eigenvalue weighted by Gasteiger charge is -1.95. The number of aliphatic hydroxyl groups is 1. The van der Waals surface area contributed by atoms with Gasteiger partial charge < -0.3 is 5.11 Å². The molecule has 1 aromatic rings. The molecule has 1 rings (SSSR count). The van der Waals surface area contributed by atoms with Crippen molar-refractivity contribution in [2.45, 2.75) is 20.0 Å². The minimum Gasteiger partial charge on any atom is -0.390 e. The Morgan fingerprint density at radius 2 is 2.33 bits per heavy atom. The SMILES string of the molecule is CCC=Cc1ccc(CO)nc1. The van der Waals surface area contributed by atoms with E-state index >= 15 is 0 Å². The van der Waals surface area contributed by atoms with Crippen molar-refractivity contribution in [3.8, 4) is 0 Å². The van der Waals surface area contributed by atoms with Crippen molar-refractivity contribution >= 4 is 6.08 Å². The van der Waals surface area contributed by atoms with Crippen LogP contribution in [-0.4, -0.2) is 10.1 Å². The van der Waals surface area contributed by atoms with Gasteiger partial charge in [-0.25, -0.2) is 0 Å². The monoisotopic (exact) mass is 163 g/mol. The van der Waals surface area contributed by atoms with Crippen LogP contribution >= 0.6 is 0 Å². The molecule has 1 N–H and O–H groups in total. The molecule has 64 valence electrons. The molecule has 0 saturated heterocycles. The van der Waals surface area contributed by atoms with Crippen molar-refractivity contribution in [1.29, 1.82) is 0 Å². The van der Waals surface area contributed by atoms with Crippen LogP contribution < -0.4 is 0 Å². The van der Waals surface area contributed by atoms with Gasteiger partial charge in [0.15, 0.2) is 0 Å². The number of aromatic nitrogens is 1. The highest BCUT2D eigenvalue weighted by molar-refractivity contribution is 5.47. The van der Waals surface area contributed by atoms with Gasteiger partial charge >= 0.3 is 0 Å². The molecule has 0 aliphatic carbocycles. The molecule has 2 heteroatoms. The molecule has 0 saturated carbocycles. The van der Waals surface area contributed by atoms with E-state index in [9.17, 15) is 0 Å². The molecule has 12 heavy (non-hydrogen) atoms. The van der Waals surface area contributed by atoms with Crippen molar-refractivity contribution in [2.75, 3.05) is 0 Å². The summed E-state index contributed by atoms with van der Waals surface area (Å²) in [7, 11) is 0. The van der Waals surface area contributed by atoms with Crippen LogP contribution in [0.3, 0.4) is 0 Å². The Bertz CT molecular complexity index is 251. The van der Waals surface area contributed by atoms with Gasteiger partial charge in [-0.3, -0.25) is 4.98 Å². The number of rotatable bonds is 3. The summed E-state index contributed by atoms with van der Waals surface area (Å²) in [5, 5.41) is 8.72. The second kappa shape index (κ2) is 4.67. The summed E-state index contributed by atoms with van der Waals surface area (Å²) in [6, 6.07) is 3.78. The van der Waals surface area contributed by atoms with Gasteiger partial charge in [-0.1, -0.05) is 25.1 Å². The van der Waals surface area contributed by atoms with E-state index in [1.807, 2.05) is 18.2 Å². The van der Waals surface area contributed by atoms with E-state index in [0.717, 1.165) is 12.0 Å². The van der Waals surface area contributed by atoms with Crippen LogP contribution in [-0.2, 0) is 6.61 Å². The smallest absolute Gasteiger partial charge is 0.0852 e. The first-order valence-electron chi connectivity index (χ1n) is 4.09. The second-order valence-corrected chi connectivity index (χ2v) is 2.55. The van der Waals surface area contributed by atoms with Crippen LogP contribution in [0.25, 0.3) is 6.08 Å². The molecule has 0 radical (unpaired) electrons. The van der Waals surface area contributed by atoms with Gasteiger partial charge in [0.25, 0.3) is 0 Å². The topological polar surface area (TPSA) is 33.1 Å². The van der Waals surface area contributed by atoms with Crippen LogP contribution in [0, 0.1) is 0 Å². The molecule has 0 aliphatic rings. The molecule has 0 aromatic carbocycles. The molecular formula is C10H13NO. The lowest BCUT2D eigenvalue weighted by atomic mass is 10.2. The van der Waals surface area contributed by atoms with Gasteiger partial charge in [0.2, 0.25) is 0 Å². The van der Waals surface area contributed by atoms with Crippen molar-refractivity contribution < 1.29 is 5.11 Å². The zero-order valence-electron chi connectivity index (χ0n) is 7.20. The predicted octanol–water partition coefficient (Wildman–Crippen LogP) is 2.00. The minimum atomic E-state index is 0.0117. The summed E-state index contributed by atoms with van der Waals surface area (Å²) >= 11 is 0. The predicted molar refractivity (Wildman–Crippen MR) is 49.5 cm³/mol. The Balaban J connectivity index is 2.71. The number of hydrogen-bond acceptors (Lipinski definition) is 2. The fraction of sp³-hybridized carbons (Fsp3) is 0.300. The Labute approximate surface area is 72.6 Å². The molecule has 1 aromatic heterocycles. The maximum Gasteiger partial charge on any atom is 0.0852 e. The lowest BCUT2D eigenvalue weighted by Crippen LogP contribution is -1.87. The molecule has 0 unspecified atom stereocenters. The van der Waals surface area contributed by atoms with Crippen LogP contribution in [0.4, 0.5) is 0 Å². The van der Waals surface area contributed by atoms with E-state index in [2.05, 4.69) is 18.0 Å². The minimum absolute atomic E-state index is 0.0117. The van der Waals surface area contributed by atoms with Crippen LogP contribution in [0.2, 0.25) is 0 Å². The van der Waals surface area contributed by atoms with E-state index in [1.54, 1.807) is 6.20 Å². The second-order valence-electron chi connectivity index (χ2n) is 2.55. The third kappa shape index (κ3) is 2.47. The van der Waals surface area contributed by atoms with Gasteiger partial charge in [0.1, 0.15) is 0 Å². The zero-order chi connectivity index (χ0) is 8.81. The summed E-state index contributed by atoms with van der Waals surface area (Å²) < 4.78 is 0. The van der Waals surface area contributed by atoms with Gasteiger partial charge in [-0.05, 0) is 18.1 Å². The summed E-state index contributed by atoms with van der Waals surface area (Å²) in [5.74, 6) is 0. The lowest BCUT2D eigenvalue weighted by molar-refractivity contribution is 0.277. The molecule has 2 nitrogen and oxygen atoms in total. The number of allylic oxidation sites excluding steroid dienone is 1. The quantitative estimate of drug-likeness (QED) is 0.739. The van der Waals surface area contributed by atoms with E-state index in [-0.39, 0.29) is 6.61 Å². The van der Waals surface area contributed by atoms with E-state index in [4.69, 9.17) is 5.11 Å². The maximum absolute atomic E-state index is 8.72. The highest BCUT2D eigenvalue weighted by Gasteiger charge is 1.89. The number of aliphatic hydroxyl groups excluding tert-OH is 1. The molecule has 0 atom stereocenters. The van der Waals surface area contributed by atoms with Crippen LogP contribution in [0.15, 0.2) is 24.4 Å². The highest BCUT2D eigenvalue weighted by Crippen LogP contribution is 2.02. The average molecular weight is 163 g/mol. The normalized spacial score (nSPS) is 10.8. The molecule has 0 fully saturated rings. The molecule has 0 amide bonds. The number of hydrogen-bond donors (Lipinski definition) is 1. The van der Waals surface area contributed by atoms with Gasteiger partial charge in [-0.15, -0.1) is 0 Å². The first-order chi connectivity index (χ1) is 5.86. The van der Waals surface area contributed by atoms with Crippen molar-refractivity contribution in [1.82, 2.24) is 4.98 Å². The third-order valence-electron chi connectivity index (χ3n) is 1.56. The van der Waals surface area contributed by atoms with Gasteiger partial charge in [-0.2, -0.15) is 0 Å². The summed E-state index contributed by atoms with van der Waals surface area (Å²) in [6.45, 7) is 2.10. The molecule has 0 spiro atoms. The fourth-order valence-corrected chi connectivity index (χ4v) is 0.882. The van der Waals surface area contributed by atoms with Crippen LogP contribution in [0.5, 0.6) is 0 Å². The zero-order valence-corrected chi connectivity index (χ0v) is 7.20. The Morgan fingerprint density at radius 3 is 2.83 bits per heavy atom. The maximum atomic E-state index is 8.72. The number of pyridine rings is 1. The Hall–Kier alpha value is -1.15. The molecular weight excluding hydrogens is 150 g/mol. The molecule has 0 aliphatic heterocycles. The summed E-state index contributed by atoms with van der Waals surface area (Å²) in [6.07, 6.45) is 6.89. The third-order valence-corrected chi connectivity index (χ3v) is 1.56. The fourth-order valence-electron chi connectivity index (χ4n) is 0.882. The van der Waals surface area contributed by atoms with Gasteiger partial charge in [0.05, 0.1) is 12.3 Å². The van der Waals surface area contributed by atoms with E-state index < -0.39 is 0 Å². The Morgan fingerprint density at radius 1 is 1.50 bits per heavy atom. The van der Waals surface area contributed by atoms with Crippen molar-refractivity contribution in [3.05, 3.63) is 35.7 Å². The summed E-state index contributed by atoms with van der Waals surface area (Å²) in [4.78, 5) is 4.05. The summed E-state index contributed by atoms with van der Waals surface area (Å²) in [5.41, 5.74) is 1.79. The van der Waals surface area contributed by atoms with E-state index in [1.165, 1.54) is 0 Å². The van der Waals surface area contributed by atoms with Gasteiger partial charge in [0, 0.05) is 6.20 Å². The first kappa shape index (κ1) is 8.94. The largest absolute Gasteiger partial charge is 0.390 e.